The highest BCUT2D eigenvalue weighted by molar-refractivity contribution is 5.95. The van der Waals surface area contributed by atoms with Gasteiger partial charge in [0, 0.05) is 49.4 Å². The lowest BCUT2D eigenvalue weighted by molar-refractivity contribution is -0.119. The van der Waals surface area contributed by atoms with Crippen LogP contribution in [0.15, 0.2) is 54.6 Å². The summed E-state index contributed by atoms with van der Waals surface area (Å²) in [5, 5.41) is 4.47. The first kappa shape index (κ1) is 22.2. The number of hydrogen-bond acceptors (Lipinski definition) is 4. The third kappa shape index (κ3) is 4.30. The number of carbonyl (C=O) groups is 2. The summed E-state index contributed by atoms with van der Waals surface area (Å²) in [5.74, 6) is 1.01. The van der Waals surface area contributed by atoms with Crippen molar-refractivity contribution in [2.75, 3.05) is 29.4 Å². The lowest BCUT2D eigenvalue weighted by Gasteiger charge is -2.41. The lowest BCUT2D eigenvalue weighted by Crippen LogP contribution is -2.53. The van der Waals surface area contributed by atoms with E-state index in [1.54, 1.807) is 4.90 Å². The van der Waals surface area contributed by atoms with Crippen molar-refractivity contribution in [1.82, 2.24) is 14.7 Å². The number of fused-ring (bicyclic) bond motifs is 1. The minimum Gasteiger partial charge on any atom is -0.365 e. The standard InChI is InChI=1S/C27H31N5O2/c1-19-5-4-6-24(15-19)30-14-13-29(17-21(30)3)27(34)23-9-7-22(8-10-23)18-31-25-16-20(2)28-32(25)12-11-26(31)33/h4-10,15-16,21H,11-14,17-18H2,1-3H3. The number of aryl methyl sites for hydroxylation is 3. The minimum absolute atomic E-state index is 0.0602. The van der Waals surface area contributed by atoms with Crippen LogP contribution in [-0.4, -0.2) is 52.2 Å². The zero-order valence-corrected chi connectivity index (χ0v) is 20.1. The molecular formula is C27H31N5O2. The fraction of sp³-hybridized carbons (Fsp3) is 0.370. The Labute approximate surface area is 200 Å². The summed E-state index contributed by atoms with van der Waals surface area (Å²) in [5.41, 5.74) is 5.05. The van der Waals surface area contributed by atoms with Crippen LogP contribution in [0.25, 0.3) is 0 Å². The topological polar surface area (TPSA) is 61.7 Å². The highest BCUT2D eigenvalue weighted by Gasteiger charge is 2.28. The number of amides is 2. The molecule has 176 valence electrons. The maximum absolute atomic E-state index is 13.2. The summed E-state index contributed by atoms with van der Waals surface area (Å²) in [7, 11) is 0. The molecule has 3 aromatic rings. The number of aromatic nitrogens is 2. The van der Waals surface area contributed by atoms with Gasteiger partial charge in [-0.2, -0.15) is 5.10 Å². The summed E-state index contributed by atoms with van der Waals surface area (Å²) in [6.45, 7) is 9.53. The molecule has 0 N–H and O–H groups in total. The van der Waals surface area contributed by atoms with Crippen LogP contribution in [-0.2, 0) is 17.9 Å². The monoisotopic (exact) mass is 457 g/mol. The number of piperazine rings is 1. The minimum atomic E-state index is 0.0602. The van der Waals surface area contributed by atoms with Gasteiger partial charge in [-0.1, -0.05) is 24.3 Å². The van der Waals surface area contributed by atoms with E-state index < -0.39 is 0 Å². The van der Waals surface area contributed by atoms with Crippen molar-refractivity contribution in [3.63, 3.8) is 0 Å². The highest BCUT2D eigenvalue weighted by atomic mass is 16.2. The first-order valence-electron chi connectivity index (χ1n) is 12.0. The van der Waals surface area contributed by atoms with Crippen LogP contribution in [0.4, 0.5) is 11.5 Å². The molecule has 2 amide bonds. The fourth-order valence-corrected chi connectivity index (χ4v) is 5.00. The largest absolute Gasteiger partial charge is 0.365 e. The van der Waals surface area contributed by atoms with Gasteiger partial charge in [0.2, 0.25) is 5.91 Å². The number of rotatable bonds is 4. The van der Waals surface area contributed by atoms with Gasteiger partial charge in [-0.3, -0.25) is 14.5 Å². The maximum atomic E-state index is 13.2. The Bertz CT molecular complexity index is 1220. The van der Waals surface area contributed by atoms with Gasteiger partial charge < -0.3 is 9.80 Å². The van der Waals surface area contributed by atoms with Crippen LogP contribution < -0.4 is 9.80 Å². The van der Waals surface area contributed by atoms with E-state index in [0.29, 0.717) is 38.2 Å². The van der Waals surface area contributed by atoms with Crippen LogP contribution >= 0.6 is 0 Å². The van der Waals surface area contributed by atoms with Crippen LogP contribution in [0.3, 0.4) is 0 Å². The van der Waals surface area contributed by atoms with Gasteiger partial charge >= 0.3 is 0 Å². The molecular weight excluding hydrogens is 426 g/mol. The summed E-state index contributed by atoms with van der Waals surface area (Å²) < 4.78 is 1.90. The quantitative estimate of drug-likeness (QED) is 0.598. The number of carbonyl (C=O) groups excluding carboxylic acids is 2. The molecule has 1 atom stereocenters. The molecule has 1 fully saturated rings. The van der Waals surface area contributed by atoms with Crippen LogP contribution in [0.2, 0.25) is 0 Å². The highest BCUT2D eigenvalue weighted by Crippen LogP contribution is 2.25. The van der Waals surface area contributed by atoms with E-state index in [9.17, 15) is 9.59 Å². The van der Waals surface area contributed by atoms with Gasteiger partial charge in [-0.25, -0.2) is 4.68 Å². The van der Waals surface area contributed by atoms with E-state index in [1.165, 1.54) is 11.3 Å². The number of benzene rings is 2. The van der Waals surface area contributed by atoms with E-state index in [1.807, 2.05) is 46.8 Å². The molecule has 2 aliphatic heterocycles. The van der Waals surface area contributed by atoms with Crippen molar-refractivity contribution in [3.05, 3.63) is 77.0 Å². The second kappa shape index (κ2) is 8.97. The molecule has 7 nitrogen and oxygen atoms in total. The first-order chi connectivity index (χ1) is 16.4. The van der Waals surface area contributed by atoms with E-state index >= 15 is 0 Å². The fourth-order valence-electron chi connectivity index (χ4n) is 5.00. The van der Waals surface area contributed by atoms with E-state index in [0.717, 1.165) is 23.6 Å². The van der Waals surface area contributed by atoms with Crippen molar-refractivity contribution in [2.45, 2.75) is 46.3 Å². The average molecular weight is 458 g/mol. The molecule has 3 heterocycles. The Balaban J connectivity index is 1.24. The zero-order chi connectivity index (χ0) is 23.8. The third-order valence-corrected chi connectivity index (χ3v) is 6.79. The van der Waals surface area contributed by atoms with E-state index in [-0.39, 0.29) is 17.9 Å². The summed E-state index contributed by atoms with van der Waals surface area (Å²) in [6.07, 6.45) is 0.456. The molecule has 0 aliphatic carbocycles. The van der Waals surface area contributed by atoms with Gasteiger partial charge in [0.25, 0.3) is 5.91 Å². The smallest absolute Gasteiger partial charge is 0.253 e. The second-order valence-electron chi connectivity index (χ2n) is 9.43. The normalized spacial score (nSPS) is 18.3. The molecule has 7 heteroatoms. The molecule has 2 aromatic carbocycles. The molecule has 0 spiro atoms. The molecule has 34 heavy (non-hydrogen) atoms. The Morgan fingerprint density at radius 2 is 1.82 bits per heavy atom. The van der Waals surface area contributed by atoms with Gasteiger partial charge in [-0.05, 0) is 56.2 Å². The third-order valence-electron chi connectivity index (χ3n) is 6.79. The molecule has 0 radical (unpaired) electrons. The first-order valence-corrected chi connectivity index (χ1v) is 12.0. The summed E-state index contributed by atoms with van der Waals surface area (Å²) in [6, 6.07) is 18.4. The number of hydrogen-bond donors (Lipinski definition) is 0. The summed E-state index contributed by atoms with van der Waals surface area (Å²) >= 11 is 0. The van der Waals surface area contributed by atoms with Crippen molar-refractivity contribution in [2.24, 2.45) is 0 Å². The molecule has 0 bridgehead atoms. The van der Waals surface area contributed by atoms with Crippen LogP contribution in [0.1, 0.15) is 40.5 Å². The van der Waals surface area contributed by atoms with Crippen molar-refractivity contribution in [1.29, 1.82) is 0 Å². The Morgan fingerprint density at radius 3 is 2.56 bits per heavy atom. The molecule has 1 unspecified atom stereocenters. The molecule has 1 aromatic heterocycles. The van der Waals surface area contributed by atoms with E-state index in [2.05, 4.69) is 48.1 Å². The van der Waals surface area contributed by atoms with Crippen LogP contribution in [0, 0.1) is 13.8 Å². The van der Waals surface area contributed by atoms with Crippen molar-refractivity contribution in [3.8, 4) is 0 Å². The molecule has 0 saturated carbocycles. The Hall–Kier alpha value is -3.61. The molecule has 1 saturated heterocycles. The predicted octanol–water partition coefficient (Wildman–Crippen LogP) is 3.79. The molecule has 2 aliphatic rings. The van der Waals surface area contributed by atoms with Gasteiger partial charge in [0.15, 0.2) is 0 Å². The van der Waals surface area contributed by atoms with E-state index in [4.69, 9.17) is 0 Å². The SMILES string of the molecule is Cc1cccc(N2CCN(C(=O)c3ccc(CN4C(=O)CCn5nc(C)cc54)cc3)CC2C)c1. The van der Waals surface area contributed by atoms with Crippen molar-refractivity contribution < 1.29 is 9.59 Å². The average Bonchev–Trinajstić information content (AvgIpc) is 3.21. The predicted molar refractivity (Wildman–Crippen MR) is 133 cm³/mol. The molecule has 5 rings (SSSR count). The van der Waals surface area contributed by atoms with Crippen molar-refractivity contribution >= 4 is 23.3 Å². The Morgan fingerprint density at radius 1 is 1.03 bits per heavy atom. The zero-order valence-electron chi connectivity index (χ0n) is 20.1. The van der Waals surface area contributed by atoms with Gasteiger partial charge in [-0.15, -0.1) is 0 Å². The summed E-state index contributed by atoms with van der Waals surface area (Å²) in [4.78, 5) is 31.9. The van der Waals surface area contributed by atoms with Crippen LogP contribution in [0.5, 0.6) is 0 Å². The second-order valence-corrected chi connectivity index (χ2v) is 9.43. The van der Waals surface area contributed by atoms with Gasteiger partial charge in [0.05, 0.1) is 18.8 Å². The maximum Gasteiger partial charge on any atom is 0.253 e. The number of nitrogens with zero attached hydrogens (tertiary/aromatic N) is 5. The van der Waals surface area contributed by atoms with Gasteiger partial charge in [0.1, 0.15) is 5.82 Å². The lowest BCUT2D eigenvalue weighted by atomic mass is 10.1. The number of anilines is 2. The Kier molecular flexibility index (Phi) is 5.86.